The molecule has 4 amide bonds. The van der Waals surface area contributed by atoms with Crippen molar-refractivity contribution < 1.29 is 28.7 Å². The first-order chi connectivity index (χ1) is 21.4. The van der Waals surface area contributed by atoms with E-state index in [1.807, 2.05) is 62.4 Å². The van der Waals surface area contributed by atoms with Crippen LogP contribution in [0.25, 0.3) is 11.1 Å². The summed E-state index contributed by atoms with van der Waals surface area (Å²) in [6, 6.07) is 25.1. The van der Waals surface area contributed by atoms with Gasteiger partial charge in [-0.15, -0.1) is 0 Å². The fourth-order valence-electron chi connectivity index (χ4n) is 5.41. The number of imide groups is 2. The van der Waals surface area contributed by atoms with Crippen LogP contribution in [-0.4, -0.2) is 46.5 Å². The van der Waals surface area contributed by atoms with Gasteiger partial charge in [0.15, 0.2) is 0 Å². The highest BCUT2D eigenvalue weighted by Gasteiger charge is 2.36. The van der Waals surface area contributed by atoms with Gasteiger partial charge in [0.25, 0.3) is 23.6 Å². The zero-order valence-electron chi connectivity index (χ0n) is 24.7. The van der Waals surface area contributed by atoms with E-state index in [1.165, 1.54) is 9.80 Å². The molecule has 8 nitrogen and oxygen atoms in total. The van der Waals surface area contributed by atoms with Crippen LogP contribution in [0.2, 0.25) is 0 Å². The summed E-state index contributed by atoms with van der Waals surface area (Å²) in [4.78, 5) is 53.4. The van der Waals surface area contributed by atoms with Crippen molar-refractivity contribution in [3.63, 3.8) is 0 Å². The first-order valence-electron chi connectivity index (χ1n) is 14.9. The van der Waals surface area contributed by atoms with E-state index < -0.39 is 0 Å². The van der Waals surface area contributed by atoms with Gasteiger partial charge >= 0.3 is 0 Å². The molecular weight excluding hydrogens is 556 g/mol. The summed E-state index contributed by atoms with van der Waals surface area (Å²) in [6.45, 7) is 4.88. The first-order valence-corrected chi connectivity index (χ1v) is 14.9. The maximum atomic E-state index is 12.8. The molecule has 222 valence electrons. The fourth-order valence-corrected chi connectivity index (χ4v) is 5.41. The number of amides is 4. The van der Waals surface area contributed by atoms with Crippen molar-refractivity contribution in [2.24, 2.45) is 0 Å². The van der Waals surface area contributed by atoms with Crippen molar-refractivity contribution in [3.05, 3.63) is 107 Å². The highest BCUT2D eigenvalue weighted by molar-refractivity contribution is 6.22. The summed E-state index contributed by atoms with van der Waals surface area (Å²) in [5.74, 6) is 1.13. The summed E-state index contributed by atoms with van der Waals surface area (Å²) in [7, 11) is 0. The number of carbonyl (C=O) groups is 4. The highest BCUT2D eigenvalue weighted by atomic mass is 16.5. The maximum absolute atomic E-state index is 12.8. The minimum Gasteiger partial charge on any atom is -0.457 e. The van der Waals surface area contributed by atoms with Gasteiger partial charge in [0.2, 0.25) is 0 Å². The Labute approximate surface area is 255 Å². The van der Waals surface area contributed by atoms with E-state index in [-0.39, 0.29) is 23.6 Å². The van der Waals surface area contributed by atoms with E-state index in [2.05, 4.69) is 0 Å². The molecule has 0 aromatic heterocycles. The molecule has 2 aliphatic heterocycles. The Kier molecular flexibility index (Phi) is 7.98. The van der Waals surface area contributed by atoms with Gasteiger partial charge in [-0.05, 0) is 84.6 Å². The number of nitrogens with zero attached hydrogens (tertiary/aromatic N) is 2. The topological polar surface area (TPSA) is 93.2 Å². The molecule has 0 unspecified atom stereocenters. The van der Waals surface area contributed by atoms with Gasteiger partial charge in [0.05, 0.1) is 22.3 Å². The zero-order chi connectivity index (χ0) is 30.8. The molecule has 6 rings (SSSR count). The third-order valence-electron chi connectivity index (χ3n) is 7.87. The Hall–Kier alpha value is -5.24. The molecule has 0 spiro atoms. The van der Waals surface area contributed by atoms with Crippen LogP contribution in [-0.2, 0) is 0 Å². The first kappa shape index (κ1) is 28.9. The lowest BCUT2D eigenvalue weighted by Crippen LogP contribution is -2.30. The van der Waals surface area contributed by atoms with Crippen LogP contribution in [0.5, 0.6) is 23.0 Å². The van der Waals surface area contributed by atoms with Crippen LogP contribution in [0.1, 0.15) is 81.0 Å². The van der Waals surface area contributed by atoms with Crippen molar-refractivity contribution in [1.29, 1.82) is 0 Å². The number of hydrogen-bond donors (Lipinski definition) is 0. The van der Waals surface area contributed by atoms with Crippen LogP contribution in [0.15, 0.2) is 84.9 Å². The van der Waals surface area contributed by atoms with Gasteiger partial charge in [-0.25, -0.2) is 0 Å². The second kappa shape index (κ2) is 12.2. The van der Waals surface area contributed by atoms with Crippen molar-refractivity contribution in [2.45, 2.75) is 39.5 Å². The Morgan fingerprint density at radius 2 is 0.795 bits per heavy atom. The number of benzene rings is 4. The van der Waals surface area contributed by atoms with Gasteiger partial charge in [0.1, 0.15) is 23.0 Å². The summed E-state index contributed by atoms with van der Waals surface area (Å²) < 4.78 is 12.0. The SMILES string of the molecule is CCCCN1C(=O)c2ccc(Oc3ccc(-c4ccc(Oc5ccc6c(c5)C(=O)N(CCCC)C6=O)cc4)cc3)cc2C1=O. The number of hydrogen-bond acceptors (Lipinski definition) is 6. The predicted molar refractivity (Wildman–Crippen MR) is 165 cm³/mol. The van der Waals surface area contributed by atoms with Gasteiger partial charge in [0, 0.05) is 13.1 Å². The van der Waals surface area contributed by atoms with Gasteiger partial charge in [-0.1, -0.05) is 51.0 Å². The summed E-state index contributed by atoms with van der Waals surface area (Å²) >= 11 is 0. The van der Waals surface area contributed by atoms with Crippen LogP contribution in [0, 0.1) is 0 Å². The number of fused-ring (bicyclic) bond motifs is 2. The lowest BCUT2D eigenvalue weighted by Gasteiger charge is -2.12. The molecule has 2 aliphatic rings. The number of ether oxygens (including phenoxy) is 2. The molecule has 8 heteroatoms. The summed E-state index contributed by atoms with van der Waals surface area (Å²) in [5.41, 5.74) is 3.51. The van der Waals surface area contributed by atoms with E-state index >= 15 is 0 Å². The van der Waals surface area contributed by atoms with Crippen LogP contribution < -0.4 is 9.47 Å². The number of unbranched alkanes of at least 4 members (excludes halogenated alkanes) is 2. The van der Waals surface area contributed by atoms with Gasteiger partial charge in [-0.3, -0.25) is 29.0 Å². The zero-order valence-corrected chi connectivity index (χ0v) is 24.7. The minimum absolute atomic E-state index is 0.251. The van der Waals surface area contributed by atoms with E-state index in [4.69, 9.17) is 9.47 Å². The quantitative estimate of drug-likeness (QED) is 0.167. The van der Waals surface area contributed by atoms with Crippen LogP contribution >= 0.6 is 0 Å². The van der Waals surface area contributed by atoms with Crippen LogP contribution in [0.3, 0.4) is 0 Å². The molecule has 0 radical (unpaired) electrons. The maximum Gasteiger partial charge on any atom is 0.261 e. The number of carbonyl (C=O) groups excluding carboxylic acids is 4. The van der Waals surface area contributed by atoms with Crippen LogP contribution in [0.4, 0.5) is 0 Å². The Bertz CT molecular complexity index is 1630. The minimum atomic E-state index is -0.277. The normalized spacial score (nSPS) is 13.9. The largest absolute Gasteiger partial charge is 0.457 e. The molecule has 2 heterocycles. The second-order valence-corrected chi connectivity index (χ2v) is 10.9. The van der Waals surface area contributed by atoms with Crippen molar-refractivity contribution >= 4 is 23.6 Å². The third-order valence-corrected chi connectivity index (χ3v) is 7.87. The predicted octanol–water partition coefficient (Wildman–Crippen LogP) is 7.73. The second-order valence-electron chi connectivity index (χ2n) is 10.9. The Morgan fingerprint density at radius 3 is 1.16 bits per heavy atom. The molecule has 0 saturated heterocycles. The van der Waals surface area contributed by atoms with Gasteiger partial charge < -0.3 is 9.47 Å². The molecule has 4 aromatic carbocycles. The van der Waals surface area contributed by atoms with E-state index in [1.54, 1.807) is 36.4 Å². The lowest BCUT2D eigenvalue weighted by molar-refractivity contribution is 0.0636. The van der Waals surface area contributed by atoms with E-state index in [0.29, 0.717) is 58.3 Å². The van der Waals surface area contributed by atoms with Crippen molar-refractivity contribution in [1.82, 2.24) is 9.80 Å². The molecule has 4 aromatic rings. The monoisotopic (exact) mass is 588 g/mol. The molecule has 0 N–H and O–H groups in total. The smallest absolute Gasteiger partial charge is 0.261 e. The molecule has 0 fully saturated rings. The Balaban J connectivity index is 1.10. The summed E-state index contributed by atoms with van der Waals surface area (Å²) in [5, 5.41) is 0. The van der Waals surface area contributed by atoms with E-state index in [9.17, 15) is 19.2 Å². The molecule has 0 atom stereocenters. The molecular formula is C36H32N2O6. The molecule has 44 heavy (non-hydrogen) atoms. The standard InChI is InChI=1S/C36H32N2O6/c1-3-5-19-37-33(39)29-17-15-27(21-31(29)35(37)41)43-25-11-7-23(8-12-25)24-9-13-26(14-10-24)44-28-16-18-30-32(22-28)36(42)38(34(30)40)20-6-4-2/h7-18,21-22H,3-6,19-20H2,1-2H3. The number of rotatable bonds is 11. The van der Waals surface area contributed by atoms with Crippen molar-refractivity contribution in [3.8, 4) is 34.1 Å². The Morgan fingerprint density at radius 1 is 0.455 bits per heavy atom. The molecule has 0 aliphatic carbocycles. The van der Waals surface area contributed by atoms with Gasteiger partial charge in [-0.2, -0.15) is 0 Å². The van der Waals surface area contributed by atoms with Crippen molar-refractivity contribution in [2.75, 3.05) is 13.1 Å². The highest BCUT2D eigenvalue weighted by Crippen LogP contribution is 2.33. The molecule has 0 bridgehead atoms. The lowest BCUT2D eigenvalue weighted by atomic mass is 10.1. The average molecular weight is 589 g/mol. The third kappa shape index (κ3) is 5.46. The van der Waals surface area contributed by atoms with E-state index in [0.717, 1.165) is 36.8 Å². The fraction of sp³-hybridized carbons (Fsp3) is 0.222. The summed E-state index contributed by atoms with van der Waals surface area (Å²) in [6.07, 6.45) is 3.34. The average Bonchev–Trinajstić information content (AvgIpc) is 3.42. The molecule has 0 saturated carbocycles.